The molecule has 7 nitrogen and oxygen atoms in total. The number of para-hydroxylation sites is 1. The van der Waals surface area contributed by atoms with Crippen molar-refractivity contribution in [1.82, 2.24) is 0 Å². The first-order valence-corrected chi connectivity index (χ1v) is 11.6. The Morgan fingerprint density at radius 2 is 1.97 bits per heavy atom. The maximum Gasteiger partial charge on any atom is 0.400 e. The van der Waals surface area contributed by atoms with Crippen LogP contribution < -0.4 is 10.2 Å². The van der Waals surface area contributed by atoms with Gasteiger partial charge in [0.15, 0.2) is 0 Å². The van der Waals surface area contributed by atoms with Crippen molar-refractivity contribution < 1.29 is 19.4 Å². The van der Waals surface area contributed by atoms with Crippen molar-refractivity contribution in [2.75, 3.05) is 16.8 Å². The predicted molar refractivity (Wildman–Crippen MR) is 131 cm³/mol. The van der Waals surface area contributed by atoms with E-state index in [-0.39, 0.29) is 35.6 Å². The number of nitrogens with zero attached hydrogens (tertiary/aromatic N) is 2. The number of amides is 2. The first-order chi connectivity index (χ1) is 16.4. The number of phenols is 1. The van der Waals surface area contributed by atoms with Crippen molar-refractivity contribution in [3.05, 3.63) is 82.6 Å². The number of allylic oxidation sites excluding steroid dienone is 3. The second-order valence-electron chi connectivity index (χ2n) is 9.06. The summed E-state index contributed by atoms with van der Waals surface area (Å²) in [5.41, 5.74) is 3.91. The lowest BCUT2D eigenvalue weighted by atomic mass is 9.75. The topological polar surface area (TPSA) is 95.7 Å². The summed E-state index contributed by atoms with van der Waals surface area (Å²) in [4.78, 5) is 27.3. The van der Waals surface area contributed by atoms with Crippen molar-refractivity contribution in [2.24, 2.45) is 5.92 Å². The minimum atomic E-state index is -0.402. The fraction of sp³-hybridized carbons (Fsp3) is 0.296. The van der Waals surface area contributed by atoms with Crippen LogP contribution in [0.2, 0.25) is 0 Å². The van der Waals surface area contributed by atoms with Gasteiger partial charge in [-0.05, 0) is 68.0 Å². The molecule has 3 aliphatic rings. The maximum atomic E-state index is 12.9. The smallest absolute Gasteiger partial charge is 0.400 e. The standard InChI is InChI=1S/C27H27N3O4/c1-17-5-4-8-22(26(17)32)27(33)28-19-10-12-20(13-11-19)29-16-15-24(31)30(34)25-21-7-3-2-6-18(21)9-14-23(25)29/h2-5,7-8,10-13,18,23,32H,6,9,14-16H2,1H3,(H,28,33). The summed E-state index contributed by atoms with van der Waals surface area (Å²) >= 11 is 0. The van der Waals surface area contributed by atoms with Gasteiger partial charge >= 0.3 is 5.91 Å². The van der Waals surface area contributed by atoms with E-state index in [0.717, 1.165) is 30.5 Å². The number of hydrogen-bond acceptors (Lipinski definition) is 5. The Morgan fingerprint density at radius 1 is 1.18 bits per heavy atom. The molecule has 0 saturated heterocycles. The molecule has 174 valence electrons. The lowest BCUT2D eigenvalue weighted by Crippen LogP contribution is -2.47. The maximum absolute atomic E-state index is 12.9. The first kappa shape index (κ1) is 21.9. The summed E-state index contributed by atoms with van der Waals surface area (Å²) < 4.78 is 0.630. The van der Waals surface area contributed by atoms with Gasteiger partial charge in [-0.25, -0.2) is 4.79 Å². The monoisotopic (exact) mass is 457 g/mol. The van der Waals surface area contributed by atoms with E-state index in [1.165, 1.54) is 0 Å². The van der Waals surface area contributed by atoms with Crippen molar-refractivity contribution in [1.29, 1.82) is 0 Å². The van der Waals surface area contributed by atoms with E-state index in [1.54, 1.807) is 37.3 Å². The molecule has 7 heteroatoms. The Labute approximate surface area is 198 Å². The highest BCUT2D eigenvalue weighted by molar-refractivity contribution is 6.07. The van der Waals surface area contributed by atoms with Gasteiger partial charge < -0.3 is 20.5 Å². The zero-order chi connectivity index (χ0) is 23.8. The molecule has 5 rings (SSSR count). The summed E-state index contributed by atoms with van der Waals surface area (Å²) in [6.45, 7) is 2.21. The third kappa shape index (κ3) is 3.87. The van der Waals surface area contributed by atoms with E-state index >= 15 is 0 Å². The Morgan fingerprint density at radius 3 is 2.76 bits per heavy atom. The third-order valence-electron chi connectivity index (χ3n) is 7.00. The molecule has 1 aliphatic heterocycles. The molecule has 2 amide bonds. The molecule has 2 atom stereocenters. The average molecular weight is 458 g/mol. The molecule has 0 radical (unpaired) electrons. The summed E-state index contributed by atoms with van der Waals surface area (Å²) in [7, 11) is 0. The van der Waals surface area contributed by atoms with Crippen LogP contribution in [-0.2, 0) is 4.79 Å². The van der Waals surface area contributed by atoms with E-state index < -0.39 is 5.91 Å². The molecule has 34 heavy (non-hydrogen) atoms. The average Bonchev–Trinajstić information content (AvgIpc) is 2.98. The van der Waals surface area contributed by atoms with Crippen molar-refractivity contribution in [3.63, 3.8) is 0 Å². The summed E-state index contributed by atoms with van der Waals surface area (Å²) in [5, 5.41) is 26.0. The molecule has 2 unspecified atom stereocenters. The number of hydroxylamine groups is 1. The number of aromatic hydroxyl groups is 1. The molecule has 1 fully saturated rings. The second kappa shape index (κ2) is 8.82. The van der Waals surface area contributed by atoms with Crippen LogP contribution >= 0.6 is 0 Å². The van der Waals surface area contributed by atoms with Gasteiger partial charge in [-0.3, -0.25) is 4.79 Å². The summed E-state index contributed by atoms with van der Waals surface area (Å²) in [6, 6.07) is 12.3. The van der Waals surface area contributed by atoms with E-state index in [1.807, 2.05) is 24.3 Å². The van der Waals surface area contributed by atoms with Gasteiger partial charge in [-0.2, -0.15) is 0 Å². The number of phenolic OH excluding ortho intramolecular Hbond substituents is 1. The van der Waals surface area contributed by atoms with Crippen molar-refractivity contribution in [3.8, 4) is 5.75 Å². The first-order valence-electron chi connectivity index (χ1n) is 11.6. The highest BCUT2D eigenvalue weighted by atomic mass is 16.5. The molecular weight excluding hydrogens is 430 g/mol. The van der Waals surface area contributed by atoms with Crippen LogP contribution in [0, 0.1) is 18.0 Å². The third-order valence-corrected chi connectivity index (χ3v) is 7.00. The minimum absolute atomic E-state index is 0.0291. The van der Waals surface area contributed by atoms with Crippen molar-refractivity contribution >= 4 is 28.9 Å². The van der Waals surface area contributed by atoms with Gasteiger partial charge in [0, 0.05) is 23.5 Å². The number of benzene rings is 2. The van der Waals surface area contributed by atoms with Crippen LogP contribution in [-0.4, -0.2) is 40.0 Å². The number of carbonyl (C=O) groups is 2. The highest BCUT2D eigenvalue weighted by Gasteiger charge is 2.43. The number of carbonyl (C=O) groups excluding carboxylic acids is 2. The van der Waals surface area contributed by atoms with Gasteiger partial charge in [0.25, 0.3) is 5.91 Å². The Bertz CT molecular complexity index is 1240. The van der Waals surface area contributed by atoms with E-state index in [9.17, 15) is 19.9 Å². The number of aryl methyl sites for hydroxylation is 1. The summed E-state index contributed by atoms with van der Waals surface area (Å²) in [6.07, 6.45) is 8.90. The molecule has 0 spiro atoms. The number of hydrogen-bond donors (Lipinski definition) is 2. The normalized spacial score (nSPS) is 22.0. The summed E-state index contributed by atoms with van der Waals surface area (Å²) in [5.74, 6) is -0.530. The molecule has 0 aromatic heterocycles. The molecule has 0 bridgehead atoms. The van der Waals surface area contributed by atoms with Crippen LogP contribution in [0.15, 0.2) is 66.3 Å². The molecular formula is C27H27N3O4. The lowest BCUT2D eigenvalue weighted by molar-refractivity contribution is -0.383. The second-order valence-corrected chi connectivity index (χ2v) is 9.06. The van der Waals surface area contributed by atoms with E-state index in [0.29, 0.717) is 28.2 Å². The fourth-order valence-corrected chi connectivity index (χ4v) is 5.18. The van der Waals surface area contributed by atoms with Crippen molar-refractivity contribution in [2.45, 2.75) is 38.6 Å². The fourth-order valence-electron chi connectivity index (χ4n) is 5.18. The lowest BCUT2D eigenvalue weighted by Gasteiger charge is -2.37. The molecule has 2 aromatic carbocycles. The number of nitrogens with one attached hydrogen (secondary N) is 1. The Kier molecular flexibility index (Phi) is 5.69. The Balaban J connectivity index is 1.40. The molecule has 1 heterocycles. The molecule has 1 saturated carbocycles. The number of anilines is 2. The van der Waals surface area contributed by atoms with E-state index in [4.69, 9.17) is 0 Å². The van der Waals surface area contributed by atoms with Gasteiger partial charge in [0.1, 0.15) is 11.8 Å². The number of rotatable bonds is 3. The SMILES string of the molecule is Cc1cccc(C(=O)Nc2ccc(N3CCC(=O)[N+]([O-])=C4C5=CC=CCC5CCC43)cc2)c1O. The van der Waals surface area contributed by atoms with Gasteiger partial charge in [0.05, 0.1) is 12.0 Å². The van der Waals surface area contributed by atoms with Crippen LogP contribution in [0.3, 0.4) is 0 Å². The van der Waals surface area contributed by atoms with Crippen LogP contribution in [0.1, 0.15) is 41.6 Å². The quantitative estimate of drug-likeness (QED) is 0.529. The van der Waals surface area contributed by atoms with Gasteiger partial charge in [-0.1, -0.05) is 30.4 Å². The minimum Gasteiger partial charge on any atom is -0.616 e. The zero-order valence-electron chi connectivity index (χ0n) is 19.0. The van der Waals surface area contributed by atoms with Crippen LogP contribution in [0.5, 0.6) is 5.75 Å². The Hall–Kier alpha value is -3.87. The molecule has 2 aliphatic carbocycles. The molecule has 2 aromatic rings. The highest BCUT2D eigenvalue weighted by Crippen LogP contribution is 2.37. The predicted octanol–water partition coefficient (Wildman–Crippen LogP) is 4.31. The zero-order valence-corrected chi connectivity index (χ0v) is 19.0. The van der Waals surface area contributed by atoms with Gasteiger partial charge in [-0.15, -0.1) is 4.74 Å². The molecule has 2 N–H and O–H groups in total. The van der Waals surface area contributed by atoms with Gasteiger partial charge in [0.2, 0.25) is 5.71 Å². The largest absolute Gasteiger partial charge is 0.616 e. The van der Waals surface area contributed by atoms with E-state index in [2.05, 4.69) is 16.3 Å². The van der Waals surface area contributed by atoms with Crippen LogP contribution in [0.25, 0.3) is 0 Å². The van der Waals surface area contributed by atoms with Crippen LogP contribution in [0.4, 0.5) is 11.4 Å². The number of fused-ring (bicyclic) bond motifs is 3.